The van der Waals surface area contributed by atoms with Gasteiger partial charge in [-0.15, -0.1) is 12.4 Å². The van der Waals surface area contributed by atoms with Crippen LogP contribution in [0.1, 0.15) is 0 Å². The Bertz CT molecular complexity index is 15.5. The predicted octanol–water partition coefficient (Wildman–Crippen LogP) is -0.584. The molecule has 0 aliphatic rings. The van der Waals surface area contributed by atoms with Crippen molar-refractivity contribution in [2.24, 2.45) is 0 Å². The van der Waals surface area contributed by atoms with Crippen LogP contribution in [-0.4, -0.2) is 43.4 Å². The molecule has 0 aromatic heterocycles. The number of nitrogens with zero attached hydrogens (tertiary/aromatic N) is 1. The third-order valence-electron chi connectivity index (χ3n) is 0. The van der Waals surface area contributed by atoms with Gasteiger partial charge in [0.15, 0.2) is 17.4 Å². The quantitative estimate of drug-likeness (QED) is 0.392. The van der Waals surface area contributed by atoms with Gasteiger partial charge in [0.2, 0.25) is 0 Å². The van der Waals surface area contributed by atoms with Gasteiger partial charge < -0.3 is 4.90 Å². The molecule has 0 saturated heterocycles. The topological polar surface area (TPSA) is 3.24 Å². The fourth-order valence-corrected chi connectivity index (χ4v) is 0. The van der Waals surface area contributed by atoms with Gasteiger partial charge in [0.1, 0.15) is 0 Å². The Morgan fingerprint density at radius 1 is 1.00 bits per heavy atom. The van der Waals surface area contributed by atoms with E-state index in [4.69, 9.17) is 0 Å². The van der Waals surface area contributed by atoms with Crippen LogP contribution in [0.3, 0.4) is 0 Å². The molecule has 0 atom stereocenters. The molecule has 0 radical (unpaired) electrons. The average molecular weight is 126 g/mol. The second-order valence-corrected chi connectivity index (χ2v) is 1.34. The van der Waals surface area contributed by atoms with Gasteiger partial charge in [-0.3, -0.25) is 0 Å². The van der Waals surface area contributed by atoms with Crippen LogP contribution in [0.25, 0.3) is 0 Å². The van der Waals surface area contributed by atoms with E-state index in [1.807, 2.05) is 26.0 Å². The van der Waals surface area contributed by atoms with Gasteiger partial charge >= 0.3 is 0 Å². The van der Waals surface area contributed by atoms with Crippen molar-refractivity contribution >= 4 is 29.8 Å². The second-order valence-electron chi connectivity index (χ2n) is 1.34. The van der Waals surface area contributed by atoms with Gasteiger partial charge in [-0.25, -0.2) is 0 Å². The molecule has 1 nitrogen and oxygen atoms in total. The molecule has 0 fully saturated rings. The molecule has 0 N–H and O–H groups in total. The summed E-state index contributed by atoms with van der Waals surface area (Å²) in [5.41, 5.74) is 0. The highest BCUT2D eigenvalue weighted by Crippen LogP contribution is 1.47. The van der Waals surface area contributed by atoms with E-state index in [9.17, 15) is 0 Å². The second kappa shape index (κ2) is 9.24. The molecule has 0 bridgehead atoms. The van der Waals surface area contributed by atoms with Crippen molar-refractivity contribution in [2.45, 2.75) is 0 Å². The van der Waals surface area contributed by atoms with E-state index in [0.29, 0.717) is 0 Å². The molecule has 0 amide bonds. The number of halogens is 1. The van der Waals surface area contributed by atoms with Crippen LogP contribution in [0, 0.1) is 0 Å². The lowest BCUT2D eigenvalue weighted by atomic mass is 11.0. The Morgan fingerprint density at radius 2 is 1.00 bits per heavy atom. The number of hydrogen-bond acceptors (Lipinski definition) is 1. The highest BCUT2D eigenvalue weighted by atomic mass is 35.5. The summed E-state index contributed by atoms with van der Waals surface area (Å²) in [4.78, 5) is 2.00. The molecule has 0 heterocycles. The zero-order valence-electron chi connectivity index (χ0n) is 3.86. The molecule has 0 aromatic rings. The molecule has 0 rings (SSSR count). The maximum absolute atomic E-state index is 2.00. The summed E-state index contributed by atoms with van der Waals surface area (Å²) in [5, 5.41) is 0. The highest BCUT2D eigenvalue weighted by molar-refractivity contribution is 5.85. The minimum atomic E-state index is 0. The third-order valence-corrected chi connectivity index (χ3v) is 0. The van der Waals surface area contributed by atoms with Crippen molar-refractivity contribution in [1.82, 2.24) is 4.90 Å². The Labute approximate surface area is 56.3 Å². The standard InChI is InChI=1S/C3H9N.Al.ClH.3H/c1-4(2)3;;;;;/h1-3H3;;1H;;;. The number of rotatable bonds is 0. The van der Waals surface area contributed by atoms with Gasteiger partial charge in [-0.05, 0) is 21.1 Å². The smallest absolute Gasteiger partial charge is 0.187 e. The predicted molar refractivity (Wildman–Crippen MR) is 36.8 cm³/mol. The molecule has 0 aromatic carbocycles. The van der Waals surface area contributed by atoms with Crippen LogP contribution in [0.2, 0.25) is 0 Å². The SMILES string of the molecule is CN(C)C.Cl.[AlH3]. The van der Waals surface area contributed by atoms with Crippen LogP contribution in [0.15, 0.2) is 0 Å². The average Bonchev–Trinajstić information content (AvgIpc) is 0.811. The van der Waals surface area contributed by atoms with Crippen LogP contribution in [-0.2, 0) is 0 Å². The molecule has 40 valence electrons. The third kappa shape index (κ3) is 112. The van der Waals surface area contributed by atoms with E-state index in [0.717, 1.165) is 0 Å². The lowest BCUT2D eigenvalue weighted by molar-refractivity contribution is 0.505. The van der Waals surface area contributed by atoms with Gasteiger partial charge in [-0.2, -0.15) is 0 Å². The molecule has 0 unspecified atom stereocenters. The van der Waals surface area contributed by atoms with Crippen LogP contribution < -0.4 is 0 Å². The van der Waals surface area contributed by atoms with Crippen molar-refractivity contribution < 1.29 is 0 Å². The normalized spacial score (nSPS) is 6.00. The van der Waals surface area contributed by atoms with Gasteiger partial charge in [0.05, 0.1) is 0 Å². The van der Waals surface area contributed by atoms with Crippen molar-refractivity contribution in [1.29, 1.82) is 0 Å². The Morgan fingerprint density at radius 3 is 1.00 bits per heavy atom. The van der Waals surface area contributed by atoms with Gasteiger partial charge in [0.25, 0.3) is 0 Å². The first-order valence-electron chi connectivity index (χ1n) is 1.34. The molecule has 3 heteroatoms. The summed E-state index contributed by atoms with van der Waals surface area (Å²) >= 11 is 0. The highest BCUT2D eigenvalue weighted by Gasteiger charge is 1.58. The Hall–Kier alpha value is 0.782. The fourth-order valence-electron chi connectivity index (χ4n) is 0. The summed E-state index contributed by atoms with van der Waals surface area (Å²) in [6.45, 7) is 0. The zero-order chi connectivity index (χ0) is 3.58. The van der Waals surface area contributed by atoms with Crippen LogP contribution >= 0.6 is 12.4 Å². The van der Waals surface area contributed by atoms with Crippen molar-refractivity contribution in [3.8, 4) is 0 Å². The van der Waals surface area contributed by atoms with Crippen molar-refractivity contribution in [2.75, 3.05) is 21.1 Å². The van der Waals surface area contributed by atoms with E-state index in [2.05, 4.69) is 0 Å². The van der Waals surface area contributed by atoms with Crippen LogP contribution in [0.4, 0.5) is 0 Å². The maximum Gasteiger partial charge on any atom is 0.187 e. The van der Waals surface area contributed by atoms with E-state index in [-0.39, 0.29) is 29.8 Å². The summed E-state index contributed by atoms with van der Waals surface area (Å²) in [6.07, 6.45) is 0. The zero-order valence-corrected chi connectivity index (χ0v) is 4.67. The molecule has 0 aliphatic heterocycles. The first-order valence-corrected chi connectivity index (χ1v) is 1.34. The lowest BCUT2D eigenvalue weighted by Gasteiger charge is -1.90. The van der Waals surface area contributed by atoms with E-state index in [1.54, 1.807) is 0 Å². The summed E-state index contributed by atoms with van der Waals surface area (Å²) in [6, 6.07) is 0. The maximum atomic E-state index is 2.00. The molecule has 0 aliphatic carbocycles. The van der Waals surface area contributed by atoms with E-state index >= 15 is 0 Å². The summed E-state index contributed by atoms with van der Waals surface area (Å²) < 4.78 is 0. The molecule has 0 spiro atoms. The van der Waals surface area contributed by atoms with E-state index < -0.39 is 0 Å². The summed E-state index contributed by atoms with van der Waals surface area (Å²) in [7, 11) is 6.00. The van der Waals surface area contributed by atoms with Gasteiger partial charge in [-0.1, -0.05) is 0 Å². The first kappa shape index (κ1) is 15.9. The molecular formula is C3H13AlClN. The lowest BCUT2D eigenvalue weighted by Crippen LogP contribution is -1.99. The largest absolute Gasteiger partial charge is 0.312 e. The van der Waals surface area contributed by atoms with Crippen molar-refractivity contribution in [3.63, 3.8) is 0 Å². The minimum Gasteiger partial charge on any atom is -0.312 e. The fraction of sp³-hybridized carbons (Fsp3) is 1.00. The molecule has 0 saturated carbocycles. The molecular weight excluding hydrogens is 112 g/mol. The van der Waals surface area contributed by atoms with E-state index in [1.165, 1.54) is 0 Å². The number of hydrogen-bond donors (Lipinski definition) is 0. The summed E-state index contributed by atoms with van der Waals surface area (Å²) in [5.74, 6) is 0. The molecule has 6 heavy (non-hydrogen) atoms. The van der Waals surface area contributed by atoms with Crippen molar-refractivity contribution in [3.05, 3.63) is 0 Å². The first-order chi connectivity index (χ1) is 1.73. The monoisotopic (exact) mass is 125 g/mol. The minimum absolute atomic E-state index is 0. The van der Waals surface area contributed by atoms with Gasteiger partial charge in [0, 0.05) is 0 Å². The Kier molecular flexibility index (Phi) is 24.4. The Balaban J connectivity index is -0.0000000450. The van der Waals surface area contributed by atoms with Crippen LogP contribution in [0.5, 0.6) is 0 Å².